The average Bonchev–Trinajstić information content (AvgIpc) is 3.33. The van der Waals surface area contributed by atoms with E-state index in [1.165, 1.54) is 24.2 Å². The highest BCUT2D eigenvalue weighted by molar-refractivity contribution is 7.10. The lowest BCUT2D eigenvalue weighted by Crippen LogP contribution is -2.51. The molecule has 2 saturated carbocycles. The SMILES string of the molecule is O=C(NCC1C2CCC1CNC2)C(O)(c1cccs1)C1CCCC1. The molecular weight excluding hydrogens is 320 g/mol. The zero-order valence-electron chi connectivity index (χ0n) is 14.2. The summed E-state index contributed by atoms with van der Waals surface area (Å²) in [6.07, 6.45) is 6.67. The van der Waals surface area contributed by atoms with Crippen LogP contribution in [0.15, 0.2) is 17.5 Å². The number of thiophene rings is 1. The number of amides is 1. The van der Waals surface area contributed by atoms with Crippen molar-refractivity contribution < 1.29 is 9.90 Å². The summed E-state index contributed by atoms with van der Waals surface area (Å²) in [4.78, 5) is 13.9. The Balaban J connectivity index is 1.48. The maximum atomic E-state index is 13.1. The van der Waals surface area contributed by atoms with Gasteiger partial charge in [-0.1, -0.05) is 18.9 Å². The fourth-order valence-corrected chi connectivity index (χ4v) is 6.12. The van der Waals surface area contributed by atoms with E-state index in [0.717, 1.165) is 50.2 Å². The lowest BCUT2D eigenvalue weighted by Gasteiger charge is -2.35. The molecule has 3 atom stereocenters. The van der Waals surface area contributed by atoms with E-state index in [1.807, 2.05) is 17.5 Å². The van der Waals surface area contributed by atoms with Crippen LogP contribution >= 0.6 is 11.3 Å². The van der Waals surface area contributed by atoms with Gasteiger partial charge in [0.2, 0.25) is 0 Å². The van der Waals surface area contributed by atoms with Crippen molar-refractivity contribution in [2.45, 2.75) is 44.1 Å². The van der Waals surface area contributed by atoms with Crippen LogP contribution in [-0.4, -0.2) is 30.6 Å². The van der Waals surface area contributed by atoms with E-state index >= 15 is 0 Å². The molecule has 2 aliphatic carbocycles. The summed E-state index contributed by atoms with van der Waals surface area (Å²) >= 11 is 1.50. The van der Waals surface area contributed by atoms with Gasteiger partial charge < -0.3 is 15.7 Å². The van der Waals surface area contributed by atoms with Gasteiger partial charge in [-0.2, -0.15) is 0 Å². The third-order valence-corrected chi connectivity index (χ3v) is 7.61. The second kappa shape index (κ2) is 6.77. The lowest BCUT2D eigenvalue weighted by atomic mass is 9.82. The number of nitrogens with one attached hydrogen (secondary N) is 2. The van der Waals surface area contributed by atoms with Crippen LogP contribution in [0.5, 0.6) is 0 Å². The summed E-state index contributed by atoms with van der Waals surface area (Å²) in [5, 5.41) is 20.0. The van der Waals surface area contributed by atoms with Crippen LogP contribution in [-0.2, 0) is 10.4 Å². The predicted molar refractivity (Wildman–Crippen MR) is 95.8 cm³/mol. The highest BCUT2D eigenvalue weighted by Gasteiger charge is 2.48. The first-order valence-corrected chi connectivity index (χ1v) is 10.3. The van der Waals surface area contributed by atoms with Crippen LogP contribution < -0.4 is 10.6 Å². The molecule has 3 unspecified atom stereocenters. The highest BCUT2D eigenvalue weighted by Crippen LogP contribution is 2.43. The predicted octanol–water partition coefficient (Wildman–Crippen LogP) is 2.49. The van der Waals surface area contributed by atoms with E-state index in [4.69, 9.17) is 0 Å². The van der Waals surface area contributed by atoms with E-state index in [1.54, 1.807) is 0 Å². The van der Waals surface area contributed by atoms with Gasteiger partial charge >= 0.3 is 0 Å². The number of aliphatic hydroxyl groups is 1. The van der Waals surface area contributed by atoms with Crippen molar-refractivity contribution in [1.29, 1.82) is 0 Å². The molecule has 1 aromatic heterocycles. The Bertz CT molecular complexity index is 554. The summed E-state index contributed by atoms with van der Waals surface area (Å²) in [6.45, 7) is 2.87. The summed E-state index contributed by atoms with van der Waals surface area (Å²) in [6, 6.07) is 3.84. The van der Waals surface area contributed by atoms with Crippen molar-refractivity contribution in [3.63, 3.8) is 0 Å². The number of rotatable bonds is 5. The summed E-state index contributed by atoms with van der Waals surface area (Å²) in [5.74, 6) is 1.83. The van der Waals surface area contributed by atoms with Crippen LogP contribution in [0, 0.1) is 23.7 Å². The number of piperidine rings is 1. The van der Waals surface area contributed by atoms with Gasteiger partial charge in [0.15, 0.2) is 5.60 Å². The molecule has 1 saturated heterocycles. The molecule has 2 heterocycles. The van der Waals surface area contributed by atoms with Crippen LogP contribution in [0.2, 0.25) is 0 Å². The normalized spacial score (nSPS) is 32.6. The molecule has 1 amide bonds. The molecule has 3 N–H and O–H groups in total. The molecule has 5 heteroatoms. The summed E-state index contributed by atoms with van der Waals surface area (Å²) < 4.78 is 0. The maximum Gasteiger partial charge on any atom is 0.257 e. The van der Waals surface area contributed by atoms with Gasteiger partial charge in [-0.3, -0.25) is 4.79 Å². The topological polar surface area (TPSA) is 61.4 Å². The van der Waals surface area contributed by atoms with Crippen molar-refractivity contribution in [2.75, 3.05) is 19.6 Å². The zero-order chi connectivity index (χ0) is 16.6. The minimum Gasteiger partial charge on any atom is -0.374 e. The minimum atomic E-state index is -1.34. The molecule has 3 fully saturated rings. The Morgan fingerprint density at radius 2 is 1.96 bits per heavy atom. The lowest BCUT2D eigenvalue weighted by molar-refractivity contribution is -0.147. The fourth-order valence-electron chi connectivity index (χ4n) is 5.22. The Morgan fingerprint density at radius 3 is 2.58 bits per heavy atom. The number of hydrogen-bond donors (Lipinski definition) is 3. The van der Waals surface area contributed by atoms with Crippen LogP contribution in [0.4, 0.5) is 0 Å². The molecule has 1 aliphatic heterocycles. The second-order valence-electron chi connectivity index (χ2n) is 7.85. The van der Waals surface area contributed by atoms with Gasteiger partial charge in [-0.15, -0.1) is 11.3 Å². The number of carbonyl (C=O) groups is 1. The van der Waals surface area contributed by atoms with E-state index in [2.05, 4.69) is 10.6 Å². The van der Waals surface area contributed by atoms with Crippen molar-refractivity contribution in [3.8, 4) is 0 Å². The monoisotopic (exact) mass is 348 g/mol. The minimum absolute atomic E-state index is 0.0564. The van der Waals surface area contributed by atoms with Gasteiger partial charge in [-0.05, 0) is 68.0 Å². The molecule has 24 heavy (non-hydrogen) atoms. The van der Waals surface area contributed by atoms with E-state index < -0.39 is 5.60 Å². The van der Waals surface area contributed by atoms with Gasteiger partial charge in [0.25, 0.3) is 5.91 Å². The van der Waals surface area contributed by atoms with Crippen LogP contribution in [0.25, 0.3) is 0 Å². The maximum absolute atomic E-state index is 13.1. The molecule has 4 rings (SSSR count). The number of fused-ring (bicyclic) bond motifs is 2. The third kappa shape index (κ3) is 2.80. The molecule has 132 valence electrons. The van der Waals surface area contributed by atoms with Gasteiger partial charge in [0, 0.05) is 17.3 Å². The van der Waals surface area contributed by atoms with E-state index in [0.29, 0.717) is 17.8 Å². The average molecular weight is 349 g/mol. The van der Waals surface area contributed by atoms with Crippen molar-refractivity contribution in [1.82, 2.24) is 10.6 Å². The van der Waals surface area contributed by atoms with Gasteiger partial charge in [0.1, 0.15) is 0 Å². The quantitative estimate of drug-likeness (QED) is 0.766. The Kier molecular flexibility index (Phi) is 4.67. The summed E-state index contributed by atoms with van der Waals surface area (Å²) in [5.41, 5.74) is -1.34. The molecule has 0 radical (unpaired) electrons. The highest BCUT2D eigenvalue weighted by atomic mass is 32.1. The summed E-state index contributed by atoms with van der Waals surface area (Å²) in [7, 11) is 0. The fraction of sp³-hybridized carbons (Fsp3) is 0.737. The Hall–Kier alpha value is -0.910. The van der Waals surface area contributed by atoms with Crippen LogP contribution in [0.3, 0.4) is 0 Å². The van der Waals surface area contributed by atoms with Crippen LogP contribution in [0.1, 0.15) is 43.4 Å². The first-order valence-electron chi connectivity index (χ1n) is 9.45. The molecular formula is C19H28N2O2S. The largest absolute Gasteiger partial charge is 0.374 e. The second-order valence-corrected chi connectivity index (χ2v) is 8.80. The standard InChI is InChI=1S/C19H28N2O2S/c22-18(21-12-16-13-7-8-14(16)11-20-10-13)19(23,15-4-1-2-5-15)17-6-3-9-24-17/h3,6,9,13-16,20,23H,1-2,4-5,7-8,10-12H2,(H,21,22). The molecule has 2 bridgehead atoms. The smallest absolute Gasteiger partial charge is 0.257 e. The molecule has 1 aromatic rings. The van der Waals surface area contributed by atoms with Crippen molar-refractivity contribution >= 4 is 17.2 Å². The van der Waals surface area contributed by atoms with Gasteiger partial charge in [0.05, 0.1) is 0 Å². The van der Waals surface area contributed by atoms with Gasteiger partial charge in [-0.25, -0.2) is 0 Å². The molecule has 0 spiro atoms. The van der Waals surface area contributed by atoms with Crippen molar-refractivity contribution in [3.05, 3.63) is 22.4 Å². The first-order chi connectivity index (χ1) is 11.7. The Labute approximate surface area is 148 Å². The zero-order valence-corrected chi connectivity index (χ0v) is 15.0. The van der Waals surface area contributed by atoms with E-state index in [9.17, 15) is 9.90 Å². The Morgan fingerprint density at radius 1 is 1.25 bits per heavy atom. The molecule has 0 aromatic carbocycles. The number of carbonyl (C=O) groups excluding carboxylic acids is 1. The molecule has 3 aliphatic rings. The van der Waals surface area contributed by atoms with E-state index in [-0.39, 0.29) is 11.8 Å². The molecule has 4 nitrogen and oxygen atoms in total. The third-order valence-electron chi connectivity index (χ3n) is 6.62. The first kappa shape index (κ1) is 16.6. The van der Waals surface area contributed by atoms with Crippen molar-refractivity contribution in [2.24, 2.45) is 23.7 Å². The number of hydrogen-bond acceptors (Lipinski definition) is 4.